The summed E-state index contributed by atoms with van der Waals surface area (Å²) in [5.74, 6) is 2.35. The predicted octanol–water partition coefficient (Wildman–Crippen LogP) is 2.64. The molecule has 27 heavy (non-hydrogen) atoms. The van der Waals surface area contributed by atoms with Crippen molar-refractivity contribution in [1.29, 1.82) is 0 Å². The highest BCUT2D eigenvalue weighted by molar-refractivity contribution is 6.09. The van der Waals surface area contributed by atoms with Gasteiger partial charge in [-0.25, -0.2) is 9.98 Å². The number of ether oxygens (including phenoxy) is 2. The fourth-order valence-electron chi connectivity index (χ4n) is 3.37. The molecule has 0 radical (unpaired) electrons. The molecular weight excluding hydrogens is 338 g/mol. The van der Waals surface area contributed by atoms with Crippen LogP contribution >= 0.6 is 0 Å². The van der Waals surface area contributed by atoms with Gasteiger partial charge in [-0.15, -0.1) is 0 Å². The number of aromatic amines is 1. The maximum atomic E-state index is 5.78. The first-order valence-electron chi connectivity index (χ1n) is 9.72. The Morgan fingerprint density at radius 1 is 0.852 bits per heavy atom. The quantitative estimate of drug-likeness (QED) is 0.905. The Labute approximate surface area is 159 Å². The lowest BCUT2D eigenvalue weighted by Gasteiger charge is -2.06. The minimum Gasteiger partial charge on any atom is -0.476 e. The topological polar surface area (TPSA) is 59.0 Å². The van der Waals surface area contributed by atoms with Gasteiger partial charge >= 0.3 is 0 Å². The monoisotopic (exact) mass is 365 g/mol. The Hall–Kier alpha value is -2.56. The molecule has 1 aromatic carbocycles. The first kappa shape index (κ1) is 17.8. The van der Waals surface area contributed by atoms with Gasteiger partial charge in [-0.3, -0.25) is 0 Å². The lowest BCUT2D eigenvalue weighted by Crippen LogP contribution is -2.14. The summed E-state index contributed by atoms with van der Waals surface area (Å²) in [5.41, 5.74) is 0. The summed E-state index contributed by atoms with van der Waals surface area (Å²) < 4.78 is 11.6. The van der Waals surface area contributed by atoms with Crippen molar-refractivity contribution in [3.05, 3.63) is 35.0 Å². The zero-order valence-corrected chi connectivity index (χ0v) is 16.4. The predicted molar refractivity (Wildman–Crippen MR) is 111 cm³/mol. The zero-order valence-electron chi connectivity index (χ0n) is 16.4. The molecule has 4 rings (SSSR count). The molecule has 0 bridgehead atoms. The number of rotatable bonds is 4. The lowest BCUT2D eigenvalue weighted by molar-refractivity contribution is 0.294. The molecule has 1 aromatic heterocycles. The van der Waals surface area contributed by atoms with Crippen molar-refractivity contribution < 1.29 is 9.47 Å². The number of aromatic nitrogens is 1. The molecule has 0 aliphatic carbocycles. The van der Waals surface area contributed by atoms with Crippen LogP contribution in [0.5, 0.6) is 0 Å². The van der Waals surface area contributed by atoms with Gasteiger partial charge in [0.25, 0.3) is 0 Å². The van der Waals surface area contributed by atoms with E-state index in [4.69, 9.17) is 19.5 Å². The SMILES string of the molecule is CC(C)C1COC(C=c2[nH]c(=CC3=NC(C(C)C)CO3)c3ccccc23)=N1. The smallest absolute Gasteiger partial charge is 0.211 e. The lowest BCUT2D eigenvalue weighted by atomic mass is 10.1. The van der Waals surface area contributed by atoms with E-state index in [1.165, 1.54) is 0 Å². The molecule has 0 fully saturated rings. The van der Waals surface area contributed by atoms with E-state index >= 15 is 0 Å². The van der Waals surface area contributed by atoms with Crippen molar-refractivity contribution in [3.63, 3.8) is 0 Å². The van der Waals surface area contributed by atoms with Gasteiger partial charge < -0.3 is 14.5 Å². The molecule has 3 heterocycles. The van der Waals surface area contributed by atoms with Gasteiger partial charge in [0.2, 0.25) is 11.8 Å². The third kappa shape index (κ3) is 3.64. The summed E-state index contributed by atoms with van der Waals surface area (Å²) in [7, 11) is 0. The van der Waals surface area contributed by atoms with Gasteiger partial charge in [-0.1, -0.05) is 52.0 Å². The Bertz CT molecular complexity index is 934. The Morgan fingerprint density at radius 2 is 1.30 bits per heavy atom. The summed E-state index contributed by atoms with van der Waals surface area (Å²) in [6, 6.07) is 8.78. The number of benzene rings is 1. The molecule has 2 aliphatic heterocycles. The first-order chi connectivity index (χ1) is 13.0. The first-order valence-corrected chi connectivity index (χ1v) is 9.72. The number of hydrogen-bond acceptors (Lipinski definition) is 4. The summed E-state index contributed by atoms with van der Waals surface area (Å²) in [6.45, 7) is 9.99. The highest BCUT2D eigenvalue weighted by Crippen LogP contribution is 2.15. The molecule has 0 saturated heterocycles. The van der Waals surface area contributed by atoms with Crippen molar-refractivity contribution in [1.82, 2.24) is 4.98 Å². The fourth-order valence-corrected chi connectivity index (χ4v) is 3.37. The summed E-state index contributed by atoms with van der Waals surface area (Å²) >= 11 is 0. The molecular formula is C22H27N3O2. The van der Waals surface area contributed by atoms with Crippen molar-refractivity contribution >= 4 is 34.7 Å². The van der Waals surface area contributed by atoms with E-state index in [-0.39, 0.29) is 12.1 Å². The van der Waals surface area contributed by atoms with Crippen LogP contribution in [0.15, 0.2) is 34.3 Å². The van der Waals surface area contributed by atoms with Crippen LogP contribution in [-0.4, -0.2) is 42.1 Å². The third-order valence-electron chi connectivity index (χ3n) is 5.24. The Balaban J connectivity index is 1.77. The molecule has 2 atom stereocenters. The number of aliphatic imine (C=N–C) groups is 2. The average Bonchev–Trinajstić information content (AvgIpc) is 3.36. The normalized spacial score (nSPS) is 23.9. The summed E-state index contributed by atoms with van der Waals surface area (Å²) in [5, 5.41) is 4.28. The van der Waals surface area contributed by atoms with Crippen LogP contribution in [-0.2, 0) is 9.47 Å². The Morgan fingerprint density at radius 3 is 1.67 bits per heavy atom. The largest absolute Gasteiger partial charge is 0.476 e. The number of H-pyrrole nitrogens is 1. The number of nitrogens with zero attached hydrogens (tertiary/aromatic N) is 2. The molecule has 5 heteroatoms. The van der Waals surface area contributed by atoms with E-state index < -0.39 is 0 Å². The van der Waals surface area contributed by atoms with Crippen LogP contribution < -0.4 is 10.7 Å². The summed E-state index contributed by atoms with van der Waals surface area (Å²) in [4.78, 5) is 12.9. The van der Waals surface area contributed by atoms with Gasteiger partial charge in [-0.2, -0.15) is 0 Å². The number of fused-ring (bicyclic) bond motifs is 1. The number of hydrogen-bond donors (Lipinski definition) is 1. The Kier molecular flexibility index (Phi) is 4.77. The maximum absolute atomic E-state index is 5.78. The standard InChI is InChI=1S/C22H27N3O2/c1-13(2)19-11-26-21(24-19)9-17-15-7-5-6-8-16(15)18(23-17)10-22-25-20(12-27-22)14(3)4/h5-10,13-14,19-20,23H,11-12H2,1-4H3. The molecule has 1 N–H and O–H groups in total. The van der Waals surface area contributed by atoms with Gasteiger partial charge in [0.1, 0.15) is 13.2 Å². The highest BCUT2D eigenvalue weighted by atomic mass is 16.5. The van der Waals surface area contributed by atoms with Crippen LogP contribution in [0.4, 0.5) is 0 Å². The summed E-state index contributed by atoms with van der Waals surface area (Å²) in [6.07, 6.45) is 3.99. The maximum Gasteiger partial charge on any atom is 0.211 e. The second-order valence-electron chi connectivity index (χ2n) is 7.97. The van der Waals surface area contributed by atoms with E-state index in [1.807, 2.05) is 24.3 Å². The van der Waals surface area contributed by atoms with Gasteiger partial charge in [0.05, 0.1) is 22.8 Å². The second kappa shape index (κ2) is 7.22. The van der Waals surface area contributed by atoms with E-state index in [2.05, 4.69) is 44.8 Å². The van der Waals surface area contributed by atoms with Crippen LogP contribution in [0.2, 0.25) is 0 Å². The molecule has 2 unspecified atom stereocenters. The van der Waals surface area contributed by atoms with E-state index in [0.717, 1.165) is 21.5 Å². The molecule has 2 aliphatic rings. The second-order valence-corrected chi connectivity index (χ2v) is 7.97. The fraction of sp³-hybridized carbons (Fsp3) is 0.455. The van der Waals surface area contributed by atoms with Crippen molar-refractivity contribution in [2.24, 2.45) is 21.8 Å². The molecule has 0 amide bonds. The highest BCUT2D eigenvalue weighted by Gasteiger charge is 2.21. The number of nitrogens with one attached hydrogen (secondary N) is 1. The van der Waals surface area contributed by atoms with Gasteiger partial charge in [0.15, 0.2) is 0 Å². The minimum atomic E-state index is 0.234. The molecule has 142 valence electrons. The van der Waals surface area contributed by atoms with Gasteiger partial charge in [0, 0.05) is 22.9 Å². The van der Waals surface area contributed by atoms with Crippen molar-refractivity contribution in [3.8, 4) is 0 Å². The van der Waals surface area contributed by atoms with Gasteiger partial charge in [-0.05, 0) is 11.8 Å². The van der Waals surface area contributed by atoms with Crippen LogP contribution in [0.3, 0.4) is 0 Å². The third-order valence-corrected chi connectivity index (χ3v) is 5.24. The van der Waals surface area contributed by atoms with E-state index in [1.54, 1.807) is 0 Å². The van der Waals surface area contributed by atoms with E-state index in [0.29, 0.717) is 36.8 Å². The van der Waals surface area contributed by atoms with E-state index in [9.17, 15) is 0 Å². The van der Waals surface area contributed by atoms with Crippen molar-refractivity contribution in [2.45, 2.75) is 39.8 Å². The van der Waals surface area contributed by atoms with Crippen LogP contribution in [0.25, 0.3) is 22.9 Å². The zero-order chi connectivity index (χ0) is 19.0. The van der Waals surface area contributed by atoms with Crippen molar-refractivity contribution in [2.75, 3.05) is 13.2 Å². The minimum absolute atomic E-state index is 0.234. The molecule has 0 saturated carbocycles. The molecule has 5 nitrogen and oxygen atoms in total. The average molecular weight is 365 g/mol. The van der Waals surface area contributed by atoms with Crippen LogP contribution in [0, 0.1) is 11.8 Å². The van der Waals surface area contributed by atoms with Crippen LogP contribution in [0.1, 0.15) is 27.7 Å². The molecule has 0 spiro atoms. The molecule has 2 aromatic rings.